The van der Waals surface area contributed by atoms with Crippen LogP contribution in [0.5, 0.6) is 0 Å². The second-order valence-electron chi connectivity index (χ2n) is 3.97. The van der Waals surface area contributed by atoms with Crippen LogP contribution in [0.4, 0.5) is 0 Å². The van der Waals surface area contributed by atoms with E-state index in [1.807, 2.05) is 18.2 Å². The maximum absolute atomic E-state index is 9.51. The Kier molecular flexibility index (Phi) is 3.67. The summed E-state index contributed by atoms with van der Waals surface area (Å²) >= 11 is 1.71. The number of hydrogen-bond donors (Lipinski definition) is 1. The number of benzene rings is 1. The molecule has 0 radical (unpaired) electrons. The van der Waals surface area contributed by atoms with Crippen LogP contribution in [-0.4, -0.2) is 23.9 Å². The fourth-order valence-electron chi connectivity index (χ4n) is 1.79. The van der Waals surface area contributed by atoms with Gasteiger partial charge in [0.05, 0.1) is 11.0 Å². The van der Waals surface area contributed by atoms with E-state index in [0.29, 0.717) is 6.10 Å². The summed E-state index contributed by atoms with van der Waals surface area (Å²) < 4.78 is 3.21. The van der Waals surface area contributed by atoms with Crippen molar-refractivity contribution in [2.24, 2.45) is 0 Å². The Hall–Kier alpha value is -0.510. The molecule has 2 rings (SSSR count). The highest BCUT2D eigenvalue weighted by Gasteiger charge is 2.31. The van der Waals surface area contributed by atoms with Crippen molar-refractivity contribution in [3.05, 3.63) is 30.3 Å². The van der Waals surface area contributed by atoms with Crippen LogP contribution in [0, 0.1) is 0 Å². The molecule has 2 atom stereocenters. The van der Waals surface area contributed by atoms with Gasteiger partial charge in [0.2, 0.25) is 12.0 Å². The number of aliphatic hydroxyl groups excluding tert-OH is 1. The van der Waals surface area contributed by atoms with E-state index < -0.39 is 0 Å². The molecular formula is C12H17O2S+. The first-order valence-electron chi connectivity index (χ1n) is 5.37. The van der Waals surface area contributed by atoms with E-state index >= 15 is 0 Å². The Morgan fingerprint density at radius 1 is 1.33 bits per heavy atom. The third kappa shape index (κ3) is 2.97. The number of hydrogen-bond acceptors (Lipinski definition) is 2. The van der Waals surface area contributed by atoms with Crippen LogP contribution < -0.4 is 0 Å². The summed E-state index contributed by atoms with van der Waals surface area (Å²) in [6.45, 7) is 3.03. The minimum Gasteiger partial charge on any atom is -0.392 e. The molecule has 2 unspecified atom stereocenters. The molecule has 82 valence electrons. The molecule has 0 saturated carbocycles. The third-order valence-electron chi connectivity index (χ3n) is 2.65. The summed E-state index contributed by atoms with van der Waals surface area (Å²) in [6.07, 6.45) is 1.96. The first-order chi connectivity index (χ1) is 7.25. The van der Waals surface area contributed by atoms with Crippen molar-refractivity contribution in [3.8, 4) is 0 Å². The van der Waals surface area contributed by atoms with Gasteiger partial charge in [-0.05, 0) is 12.1 Å². The molecule has 1 fully saturated rings. The highest BCUT2D eigenvalue weighted by atomic mass is 32.2. The van der Waals surface area contributed by atoms with Crippen LogP contribution in [0.1, 0.15) is 19.8 Å². The molecule has 15 heavy (non-hydrogen) atoms. The maximum atomic E-state index is 9.51. The van der Waals surface area contributed by atoms with Crippen LogP contribution in [0.25, 0.3) is 0 Å². The lowest BCUT2D eigenvalue weighted by atomic mass is 10.1. The van der Waals surface area contributed by atoms with Crippen LogP contribution in [0.2, 0.25) is 0 Å². The van der Waals surface area contributed by atoms with E-state index in [2.05, 4.69) is 22.9 Å². The van der Waals surface area contributed by atoms with E-state index in [4.69, 9.17) is 0 Å². The van der Waals surface area contributed by atoms with Gasteiger partial charge in [-0.1, -0.05) is 18.2 Å². The Morgan fingerprint density at radius 3 is 2.73 bits per heavy atom. The van der Waals surface area contributed by atoms with Crippen molar-refractivity contribution in [3.63, 3.8) is 0 Å². The lowest BCUT2D eigenvalue weighted by molar-refractivity contribution is -0.0899. The molecule has 1 saturated heterocycles. The van der Waals surface area contributed by atoms with Crippen molar-refractivity contribution in [1.82, 2.24) is 0 Å². The van der Waals surface area contributed by atoms with E-state index in [1.54, 1.807) is 12.0 Å². The highest BCUT2D eigenvalue weighted by Crippen LogP contribution is 2.34. The van der Waals surface area contributed by atoms with Crippen LogP contribution >= 0.6 is 12.0 Å². The van der Waals surface area contributed by atoms with Crippen LogP contribution in [0.15, 0.2) is 35.2 Å². The summed E-state index contributed by atoms with van der Waals surface area (Å²) in [6, 6.07) is 10.3. The molecule has 1 aliphatic heterocycles. The maximum Gasteiger partial charge on any atom is 0.225 e. The second-order valence-corrected chi connectivity index (χ2v) is 5.04. The Balaban J connectivity index is 1.95. The van der Waals surface area contributed by atoms with Gasteiger partial charge < -0.3 is 8.92 Å². The molecule has 3 heteroatoms. The minimum atomic E-state index is -0.125. The molecule has 2 nitrogen and oxygen atoms in total. The topological polar surface area (TPSA) is 22.9 Å². The average Bonchev–Trinajstić information content (AvgIpc) is 2.24. The second kappa shape index (κ2) is 5.01. The largest absolute Gasteiger partial charge is 0.392 e. The minimum absolute atomic E-state index is 0.125. The molecule has 1 aromatic carbocycles. The Labute approximate surface area is 95.2 Å². The summed E-state index contributed by atoms with van der Waals surface area (Å²) in [7, 11) is 0. The van der Waals surface area contributed by atoms with Crippen LogP contribution in [0.3, 0.4) is 0 Å². The Bertz CT molecular complexity index is 302. The zero-order valence-electron chi connectivity index (χ0n) is 8.93. The summed E-state index contributed by atoms with van der Waals surface area (Å²) in [5.41, 5.74) is 0. The monoisotopic (exact) mass is 225 g/mol. The van der Waals surface area contributed by atoms with Gasteiger partial charge in [-0.15, -0.1) is 0 Å². The molecule has 1 heterocycles. The zero-order chi connectivity index (χ0) is 10.7. The van der Waals surface area contributed by atoms with E-state index in [-0.39, 0.29) is 6.10 Å². The van der Waals surface area contributed by atoms with Crippen molar-refractivity contribution >= 4 is 12.0 Å². The molecule has 1 aliphatic rings. The van der Waals surface area contributed by atoms with E-state index in [9.17, 15) is 5.11 Å². The molecule has 1 aromatic rings. The lowest BCUT2D eigenvalue weighted by Crippen LogP contribution is -2.32. The average molecular weight is 225 g/mol. The van der Waals surface area contributed by atoms with Gasteiger partial charge in [0.25, 0.3) is 0 Å². The number of rotatable bonds is 2. The smallest absolute Gasteiger partial charge is 0.225 e. The summed E-state index contributed by atoms with van der Waals surface area (Å²) in [4.78, 5) is 1.24. The van der Waals surface area contributed by atoms with Gasteiger partial charge in [0, 0.05) is 19.8 Å². The van der Waals surface area contributed by atoms with Crippen LogP contribution in [-0.2, 0) is 3.81 Å². The van der Waals surface area contributed by atoms with Gasteiger partial charge >= 0.3 is 0 Å². The van der Waals surface area contributed by atoms with Gasteiger partial charge in [-0.25, -0.2) is 0 Å². The van der Waals surface area contributed by atoms with Gasteiger partial charge in [-0.2, -0.15) is 0 Å². The first kappa shape index (κ1) is 11.0. The van der Waals surface area contributed by atoms with Crippen molar-refractivity contribution in [2.75, 3.05) is 6.61 Å². The SMILES string of the molecule is CC1CC(O)CC[O+]1Sc1ccccc1. The Morgan fingerprint density at radius 2 is 2.07 bits per heavy atom. The number of aliphatic hydroxyl groups is 1. The van der Waals surface area contributed by atoms with Gasteiger partial charge in [-0.3, -0.25) is 0 Å². The normalized spacial score (nSPS) is 27.9. The molecule has 0 aromatic heterocycles. The molecule has 0 aliphatic carbocycles. The highest BCUT2D eigenvalue weighted by molar-refractivity contribution is 7.95. The molecular weight excluding hydrogens is 208 g/mol. The van der Waals surface area contributed by atoms with E-state index in [0.717, 1.165) is 19.4 Å². The predicted octanol–water partition coefficient (Wildman–Crippen LogP) is 2.79. The molecule has 0 amide bonds. The van der Waals surface area contributed by atoms with E-state index in [1.165, 1.54) is 4.90 Å². The van der Waals surface area contributed by atoms with Crippen molar-refractivity contribution in [1.29, 1.82) is 0 Å². The van der Waals surface area contributed by atoms with Gasteiger partial charge in [0.15, 0.2) is 12.7 Å². The fraction of sp³-hybridized carbons (Fsp3) is 0.500. The zero-order valence-corrected chi connectivity index (χ0v) is 9.74. The van der Waals surface area contributed by atoms with Gasteiger partial charge in [0.1, 0.15) is 0 Å². The lowest BCUT2D eigenvalue weighted by Gasteiger charge is -2.29. The predicted molar refractivity (Wildman–Crippen MR) is 63.0 cm³/mol. The molecule has 0 bridgehead atoms. The first-order valence-corrected chi connectivity index (χ1v) is 6.11. The quantitative estimate of drug-likeness (QED) is 0.618. The summed E-state index contributed by atoms with van der Waals surface area (Å²) in [5, 5.41) is 9.51. The molecule has 1 N–H and O–H groups in total. The fourth-order valence-corrected chi connectivity index (χ4v) is 2.72. The van der Waals surface area contributed by atoms with Crippen molar-refractivity contribution < 1.29 is 8.92 Å². The third-order valence-corrected chi connectivity index (χ3v) is 3.83. The summed E-state index contributed by atoms with van der Waals surface area (Å²) in [5.74, 6) is 0. The molecule has 0 spiro atoms. The standard InChI is InChI=1S/C12H17O2S/c1-10-9-11(13)7-8-14(10)15-12-5-3-2-4-6-12/h2-6,10-11,13H,7-9H2,1H3/q+1. The van der Waals surface area contributed by atoms with Crippen molar-refractivity contribution in [2.45, 2.75) is 36.9 Å².